The summed E-state index contributed by atoms with van der Waals surface area (Å²) in [7, 11) is 0. The van der Waals surface area contributed by atoms with Gasteiger partial charge in [-0.3, -0.25) is 0 Å². The van der Waals surface area contributed by atoms with Crippen molar-refractivity contribution in [1.29, 1.82) is 0 Å². The number of hydrogen-bond donors (Lipinski definition) is 1. The van der Waals surface area contributed by atoms with Crippen molar-refractivity contribution in [3.8, 4) is 22.6 Å². The molecule has 0 aliphatic heterocycles. The van der Waals surface area contributed by atoms with Crippen LogP contribution in [0, 0.1) is 0 Å². The summed E-state index contributed by atoms with van der Waals surface area (Å²) in [6.07, 6.45) is 6.16. The molecule has 0 saturated carbocycles. The van der Waals surface area contributed by atoms with E-state index in [1.165, 1.54) is 6.08 Å². The molecule has 30 heavy (non-hydrogen) atoms. The van der Waals surface area contributed by atoms with E-state index in [0.29, 0.717) is 19.0 Å². The van der Waals surface area contributed by atoms with Crippen molar-refractivity contribution in [3.05, 3.63) is 61.2 Å². The number of ether oxygens (including phenoxy) is 3. The third-order valence-corrected chi connectivity index (χ3v) is 4.47. The fourth-order valence-corrected chi connectivity index (χ4v) is 2.89. The number of esters is 1. The van der Waals surface area contributed by atoms with E-state index in [9.17, 15) is 9.59 Å². The molecule has 6 nitrogen and oxygen atoms in total. The van der Waals surface area contributed by atoms with E-state index in [1.807, 2.05) is 36.4 Å². The predicted molar refractivity (Wildman–Crippen MR) is 115 cm³/mol. The Bertz CT molecular complexity index is 795. The second kappa shape index (κ2) is 13.0. The van der Waals surface area contributed by atoms with Gasteiger partial charge in [0.2, 0.25) is 0 Å². The van der Waals surface area contributed by atoms with Crippen molar-refractivity contribution in [1.82, 2.24) is 0 Å². The molecule has 0 aromatic heterocycles. The number of benzene rings is 2. The Morgan fingerprint density at radius 2 is 1.27 bits per heavy atom. The lowest BCUT2D eigenvalue weighted by Gasteiger charge is -2.08. The van der Waals surface area contributed by atoms with Gasteiger partial charge in [0.15, 0.2) is 0 Å². The molecule has 0 aliphatic carbocycles. The summed E-state index contributed by atoms with van der Waals surface area (Å²) in [4.78, 5) is 21.4. The lowest BCUT2D eigenvalue weighted by atomic mass is 10.1. The molecule has 0 bridgehead atoms. The van der Waals surface area contributed by atoms with Gasteiger partial charge >= 0.3 is 12.1 Å². The highest BCUT2D eigenvalue weighted by Gasteiger charge is 2.03. The van der Waals surface area contributed by atoms with E-state index < -0.39 is 6.16 Å². The minimum Gasteiger partial charge on any atom is -0.494 e. The summed E-state index contributed by atoms with van der Waals surface area (Å²) >= 11 is 0. The minimum atomic E-state index is -1.32. The Morgan fingerprint density at radius 1 is 0.767 bits per heavy atom. The Kier molecular flexibility index (Phi) is 10.00. The molecule has 0 fully saturated rings. The average Bonchev–Trinajstić information content (AvgIpc) is 2.75. The summed E-state index contributed by atoms with van der Waals surface area (Å²) in [5, 5.41) is 8.62. The van der Waals surface area contributed by atoms with Crippen molar-refractivity contribution in [2.24, 2.45) is 0 Å². The van der Waals surface area contributed by atoms with Crippen LogP contribution in [0.15, 0.2) is 61.2 Å². The summed E-state index contributed by atoms with van der Waals surface area (Å²) in [6, 6.07) is 14.7. The van der Waals surface area contributed by atoms with Crippen LogP contribution < -0.4 is 9.47 Å². The van der Waals surface area contributed by atoms with Gasteiger partial charge in [-0.15, -0.1) is 0 Å². The first-order chi connectivity index (χ1) is 14.6. The predicted octanol–water partition coefficient (Wildman–Crippen LogP) is 5.86. The second-order valence-corrected chi connectivity index (χ2v) is 6.76. The van der Waals surface area contributed by atoms with E-state index in [2.05, 4.69) is 11.3 Å². The molecule has 0 saturated heterocycles. The number of unbranched alkanes of at least 4 members (excludes halogenated alkanes) is 5. The maximum absolute atomic E-state index is 10.9. The molecule has 1 N–H and O–H groups in total. The van der Waals surface area contributed by atoms with Crippen LogP contribution in [-0.4, -0.2) is 30.4 Å². The van der Waals surface area contributed by atoms with Crippen molar-refractivity contribution >= 4 is 12.1 Å². The van der Waals surface area contributed by atoms with E-state index in [0.717, 1.165) is 55.4 Å². The molecule has 0 atom stereocenters. The number of hydrogen-bond acceptors (Lipinski definition) is 5. The molecule has 0 unspecified atom stereocenters. The van der Waals surface area contributed by atoms with Crippen LogP contribution >= 0.6 is 0 Å². The number of rotatable bonds is 13. The van der Waals surface area contributed by atoms with Crippen LogP contribution in [-0.2, 0) is 9.53 Å². The molecule has 0 heterocycles. The van der Waals surface area contributed by atoms with Crippen LogP contribution in [0.5, 0.6) is 11.5 Å². The zero-order valence-electron chi connectivity index (χ0n) is 17.0. The van der Waals surface area contributed by atoms with E-state index in [1.54, 1.807) is 12.1 Å². The van der Waals surface area contributed by atoms with Crippen LogP contribution in [0.1, 0.15) is 38.5 Å². The molecule has 2 aromatic rings. The number of carbonyl (C=O) groups excluding carboxylic acids is 1. The summed E-state index contributed by atoms with van der Waals surface area (Å²) in [6.45, 7) is 4.50. The first-order valence-corrected chi connectivity index (χ1v) is 10.1. The van der Waals surface area contributed by atoms with Crippen LogP contribution in [0.25, 0.3) is 11.1 Å². The molecular formula is C24H28O6. The third-order valence-electron chi connectivity index (χ3n) is 4.47. The molecule has 2 rings (SSSR count). The largest absolute Gasteiger partial charge is 0.511 e. The van der Waals surface area contributed by atoms with Crippen molar-refractivity contribution in [2.75, 3.05) is 13.2 Å². The monoisotopic (exact) mass is 412 g/mol. The first kappa shape index (κ1) is 23.0. The van der Waals surface area contributed by atoms with Gasteiger partial charge < -0.3 is 19.3 Å². The molecule has 160 valence electrons. The fourth-order valence-electron chi connectivity index (χ4n) is 2.89. The molecule has 0 radical (unpaired) electrons. The molecular weight excluding hydrogens is 384 g/mol. The van der Waals surface area contributed by atoms with Gasteiger partial charge in [-0.25, -0.2) is 9.59 Å². The standard InChI is InChI=1S/C24H28O6/c1-2-23(25)29-18-8-6-4-3-5-7-17-28-21-13-9-19(10-14-21)20-11-15-22(16-12-20)30-24(26)27/h2,9-16H,1,3-8,17-18H2,(H,26,27). The normalized spacial score (nSPS) is 10.3. The minimum absolute atomic E-state index is 0.294. The smallest absolute Gasteiger partial charge is 0.494 e. The van der Waals surface area contributed by atoms with Crippen LogP contribution in [0.4, 0.5) is 4.79 Å². The highest BCUT2D eigenvalue weighted by Crippen LogP contribution is 2.25. The van der Waals surface area contributed by atoms with Crippen molar-refractivity contribution in [2.45, 2.75) is 38.5 Å². The topological polar surface area (TPSA) is 82.1 Å². The maximum Gasteiger partial charge on any atom is 0.511 e. The average molecular weight is 412 g/mol. The van der Waals surface area contributed by atoms with Gasteiger partial charge in [0.05, 0.1) is 13.2 Å². The highest BCUT2D eigenvalue weighted by atomic mass is 16.7. The maximum atomic E-state index is 10.9. The molecule has 2 aromatic carbocycles. The highest BCUT2D eigenvalue weighted by molar-refractivity contribution is 5.81. The first-order valence-electron chi connectivity index (χ1n) is 10.1. The lowest BCUT2D eigenvalue weighted by molar-refractivity contribution is -0.137. The van der Waals surface area contributed by atoms with E-state index in [4.69, 9.17) is 14.6 Å². The SMILES string of the molecule is C=CC(=O)OCCCCCCCCOc1ccc(-c2ccc(OC(=O)O)cc2)cc1. The van der Waals surface area contributed by atoms with Crippen molar-refractivity contribution < 1.29 is 28.9 Å². The van der Waals surface area contributed by atoms with Crippen LogP contribution in [0.2, 0.25) is 0 Å². The Morgan fingerprint density at radius 3 is 1.80 bits per heavy atom. The zero-order valence-corrected chi connectivity index (χ0v) is 17.0. The van der Waals surface area contributed by atoms with Gasteiger partial charge in [-0.1, -0.05) is 56.5 Å². The molecule has 6 heteroatoms. The number of carboxylic acid groups (broad SMARTS) is 1. The van der Waals surface area contributed by atoms with Gasteiger partial charge in [0.25, 0.3) is 0 Å². The number of carbonyl (C=O) groups is 2. The summed E-state index contributed by atoms with van der Waals surface area (Å²) in [5.74, 6) is 0.763. The van der Waals surface area contributed by atoms with Gasteiger partial charge in [0, 0.05) is 6.08 Å². The Balaban J connectivity index is 1.59. The molecule has 0 aliphatic rings. The van der Waals surface area contributed by atoms with Gasteiger partial charge in [0.1, 0.15) is 11.5 Å². The zero-order chi connectivity index (χ0) is 21.6. The van der Waals surface area contributed by atoms with E-state index >= 15 is 0 Å². The molecule has 0 spiro atoms. The third kappa shape index (κ3) is 8.82. The van der Waals surface area contributed by atoms with Gasteiger partial charge in [-0.2, -0.15) is 0 Å². The summed E-state index contributed by atoms with van der Waals surface area (Å²) < 4.78 is 15.3. The Hall–Kier alpha value is -3.28. The van der Waals surface area contributed by atoms with Gasteiger partial charge in [-0.05, 0) is 48.2 Å². The fraction of sp³-hybridized carbons (Fsp3) is 0.333. The van der Waals surface area contributed by atoms with Crippen LogP contribution in [0.3, 0.4) is 0 Å². The summed E-state index contributed by atoms with van der Waals surface area (Å²) in [5.41, 5.74) is 1.99. The van der Waals surface area contributed by atoms with Crippen molar-refractivity contribution in [3.63, 3.8) is 0 Å². The quantitative estimate of drug-likeness (QED) is 0.192. The lowest BCUT2D eigenvalue weighted by Crippen LogP contribution is -2.02. The second-order valence-electron chi connectivity index (χ2n) is 6.76. The molecule has 0 amide bonds. The van der Waals surface area contributed by atoms with E-state index in [-0.39, 0.29) is 5.97 Å². The Labute approximate surface area is 177 Å².